The lowest BCUT2D eigenvalue weighted by Crippen LogP contribution is -2.09. The highest BCUT2D eigenvalue weighted by Gasteiger charge is 2.32. The molecule has 0 N–H and O–H groups in total. The normalized spacial score (nSPS) is 13.3. The Bertz CT molecular complexity index is 1400. The highest BCUT2D eigenvalue weighted by Crippen LogP contribution is 2.44. The number of aromatic nitrogens is 3. The van der Waals surface area contributed by atoms with Crippen molar-refractivity contribution in [3.8, 4) is 16.9 Å². The van der Waals surface area contributed by atoms with Crippen molar-refractivity contribution >= 4 is 38.5 Å². The number of imidazole rings is 1. The molecule has 0 bridgehead atoms. The molecule has 178 valence electrons. The van der Waals surface area contributed by atoms with Crippen LogP contribution in [0.15, 0.2) is 70.8 Å². The maximum atomic E-state index is 12.5. The van der Waals surface area contributed by atoms with Gasteiger partial charge in [0.1, 0.15) is 17.9 Å². The van der Waals surface area contributed by atoms with E-state index in [4.69, 9.17) is 9.82 Å². The van der Waals surface area contributed by atoms with E-state index in [1.165, 1.54) is 19.3 Å². The van der Waals surface area contributed by atoms with E-state index in [9.17, 15) is 4.79 Å². The van der Waals surface area contributed by atoms with Crippen molar-refractivity contribution in [2.24, 2.45) is 5.16 Å². The molecule has 0 unspecified atom stereocenters. The minimum atomic E-state index is -0.306. The highest BCUT2D eigenvalue weighted by atomic mass is 79.9. The molecule has 7 heteroatoms. The lowest BCUT2D eigenvalue weighted by Gasteiger charge is -2.13. The van der Waals surface area contributed by atoms with Crippen LogP contribution in [0.5, 0.6) is 0 Å². The standard InChI is InChI=1S/C28H27BrN4O2/c1-2-3-4-5-6-7-12-24(34)35-32-27-21-11-9-8-10-20(21)25-22-17-19(29)13-14-23(22)31-28(26(25)27)33-16-15-30-18-33/h8-11,13-18H,2-7,12H2,1H3/b32-27+. The minimum Gasteiger partial charge on any atom is -0.318 e. The number of rotatable bonds is 9. The molecular weight excluding hydrogens is 504 g/mol. The molecule has 0 saturated carbocycles. The Kier molecular flexibility index (Phi) is 7.04. The van der Waals surface area contributed by atoms with Crippen LogP contribution in [-0.2, 0) is 9.63 Å². The average molecular weight is 531 g/mol. The molecule has 5 rings (SSSR count). The summed E-state index contributed by atoms with van der Waals surface area (Å²) in [5.41, 5.74) is 5.31. The zero-order chi connectivity index (χ0) is 24.2. The predicted octanol–water partition coefficient (Wildman–Crippen LogP) is 7.21. The summed E-state index contributed by atoms with van der Waals surface area (Å²) in [5.74, 6) is 0.397. The largest absolute Gasteiger partial charge is 0.335 e. The number of carbonyl (C=O) groups excluding carboxylic acids is 1. The van der Waals surface area contributed by atoms with Crippen molar-refractivity contribution in [1.29, 1.82) is 0 Å². The maximum Gasteiger partial charge on any atom is 0.335 e. The second-order valence-corrected chi connectivity index (χ2v) is 9.70. The molecule has 6 nitrogen and oxygen atoms in total. The lowest BCUT2D eigenvalue weighted by atomic mass is 10.0. The van der Waals surface area contributed by atoms with Gasteiger partial charge in [0, 0.05) is 39.8 Å². The molecule has 0 atom stereocenters. The van der Waals surface area contributed by atoms with Crippen LogP contribution >= 0.6 is 15.9 Å². The molecule has 0 radical (unpaired) electrons. The fourth-order valence-electron chi connectivity index (χ4n) is 4.63. The van der Waals surface area contributed by atoms with Crippen LogP contribution in [0.3, 0.4) is 0 Å². The second-order valence-electron chi connectivity index (χ2n) is 8.78. The fraction of sp³-hybridized carbons (Fsp3) is 0.286. The monoisotopic (exact) mass is 530 g/mol. The van der Waals surface area contributed by atoms with Crippen molar-refractivity contribution in [2.45, 2.75) is 51.9 Å². The SMILES string of the molecule is CCCCCCCCC(=O)O/N=C1\c2ccccc2-c2c1c(-n1ccnc1)nc1ccc(Br)cc21. The van der Waals surface area contributed by atoms with Crippen LogP contribution in [0, 0.1) is 0 Å². The Balaban J connectivity index is 1.53. The summed E-state index contributed by atoms with van der Waals surface area (Å²) in [6.07, 6.45) is 12.4. The van der Waals surface area contributed by atoms with Crippen molar-refractivity contribution in [3.05, 3.63) is 76.8 Å². The molecule has 0 fully saturated rings. The Morgan fingerprint density at radius 2 is 1.83 bits per heavy atom. The number of fused-ring (bicyclic) bond motifs is 5. The van der Waals surface area contributed by atoms with E-state index < -0.39 is 0 Å². The van der Waals surface area contributed by atoms with Crippen LogP contribution in [0.4, 0.5) is 0 Å². The molecule has 0 saturated heterocycles. The zero-order valence-corrected chi connectivity index (χ0v) is 21.3. The van der Waals surface area contributed by atoms with Gasteiger partial charge in [0.2, 0.25) is 0 Å². The summed E-state index contributed by atoms with van der Waals surface area (Å²) in [7, 11) is 0. The third-order valence-electron chi connectivity index (χ3n) is 6.34. The van der Waals surface area contributed by atoms with Crippen LogP contribution < -0.4 is 0 Å². The highest BCUT2D eigenvalue weighted by molar-refractivity contribution is 9.10. The van der Waals surface area contributed by atoms with Gasteiger partial charge in [0.15, 0.2) is 0 Å². The van der Waals surface area contributed by atoms with Crippen molar-refractivity contribution < 1.29 is 9.63 Å². The molecule has 35 heavy (non-hydrogen) atoms. The zero-order valence-electron chi connectivity index (χ0n) is 19.7. The first-order valence-electron chi connectivity index (χ1n) is 12.2. The summed E-state index contributed by atoms with van der Waals surface area (Å²) < 4.78 is 2.84. The maximum absolute atomic E-state index is 12.5. The molecule has 0 amide bonds. The lowest BCUT2D eigenvalue weighted by molar-refractivity contribution is -0.143. The minimum absolute atomic E-state index is 0.306. The molecule has 2 aromatic heterocycles. The van der Waals surface area contributed by atoms with Gasteiger partial charge in [-0.3, -0.25) is 4.57 Å². The van der Waals surface area contributed by atoms with Crippen molar-refractivity contribution in [1.82, 2.24) is 14.5 Å². The average Bonchev–Trinajstić information content (AvgIpc) is 3.51. The van der Waals surface area contributed by atoms with Gasteiger partial charge >= 0.3 is 5.97 Å². The number of pyridine rings is 1. The molecule has 4 aromatic rings. The number of benzene rings is 2. The first-order valence-corrected chi connectivity index (χ1v) is 13.0. The van der Waals surface area contributed by atoms with Crippen LogP contribution in [-0.4, -0.2) is 26.2 Å². The van der Waals surface area contributed by atoms with Crippen LogP contribution in [0.1, 0.15) is 63.0 Å². The molecule has 0 spiro atoms. The van der Waals surface area contributed by atoms with Gasteiger partial charge < -0.3 is 4.84 Å². The topological polar surface area (TPSA) is 69.4 Å². The van der Waals surface area contributed by atoms with Crippen LogP contribution in [0.25, 0.3) is 27.8 Å². The third-order valence-corrected chi connectivity index (χ3v) is 6.83. The van der Waals surface area contributed by atoms with Gasteiger partial charge in [-0.15, -0.1) is 0 Å². The summed E-state index contributed by atoms with van der Waals surface area (Å²) in [5, 5.41) is 5.42. The first-order chi connectivity index (χ1) is 17.2. The second kappa shape index (κ2) is 10.5. The van der Waals surface area contributed by atoms with E-state index in [0.717, 1.165) is 56.9 Å². The third kappa shape index (κ3) is 4.78. The van der Waals surface area contributed by atoms with Crippen molar-refractivity contribution in [2.75, 3.05) is 0 Å². The van der Waals surface area contributed by atoms with Gasteiger partial charge in [-0.1, -0.05) is 84.4 Å². The molecule has 1 aliphatic carbocycles. The van der Waals surface area contributed by atoms with Gasteiger partial charge in [-0.25, -0.2) is 14.8 Å². The fourth-order valence-corrected chi connectivity index (χ4v) is 4.99. The van der Waals surface area contributed by atoms with E-state index in [-0.39, 0.29) is 5.97 Å². The van der Waals surface area contributed by atoms with E-state index in [2.05, 4.69) is 45.1 Å². The summed E-state index contributed by atoms with van der Waals surface area (Å²) in [4.78, 5) is 27.2. The quantitative estimate of drug-likeness (QED) is 0.115. The predicted molar refractivity (Wildman–Crippen MR) is 142 cm³/mol. The number of oxime groups is 1. The Morgan fingerprint density at radius 1 is 1.03 bits per heavy atom. The Hall–Kier alpha value is -3.32. The van der Waals surface area contributed by atoms with Gasteiger partial charge in [-0.05, 0) is 30.2 Å². The molecule has 1 aliphatic rings. The number of carbonyl (C=O) groups is 1. The Morgan fingerprint density at radius 3 is 2.63 bits per heavy atom. The van der Waals surface area contributed by atoms with Crippen LogP contribution in [0.2, 0.25) is 0 Å². The number of nitrogens with zero attached hydrogens (tertiary/aromatic N) is 4. The summed E-state index contributed by atoms with van der Waals surface area (Å²) >= 11 is 3.60. The van der Waals surface area contributed by atoms with E-state index in [1.54, 1.807) is 12.5 Å². The molecule has 0 aliphatic heterocycles. The number of hydrogen-bond acceptors (Lipinski definition) is 5. The van der Waals surface area contributed by atoms with Gasteiger partial charge in [0.25, 0.3) is 0 Å². The van der Waals surface area contributed by atoms with E-state index >= 15 is 0 Å². The number of unbranched alkanes of at least 4 members (excludes halogenated alkanes) is 5. The summed E-state index contributed by atoms with van der Waals surface area (Å²) in [6.45, 7) is 2.20. The molecule has 2 heterocycles. The number of hydrogen-bond donors (Lipinski definition) is 0. The van der Waals surface area contributed by atoms with Crippen molar-refractivity contribution in [3.63, 3.8) is 0 Å². The van der Waals surface area contributed by atoms with E-state index in [1.807, 2.05) is 41.1 Å². The first kappa shape index (κ1) is 23.4. The summed E-state index contributed by atoms with van der Waals surface area (Å²) in [6, 6.07) is 14.1. The van der Waals surface area contributed by atoms with E-state index in [0.29, 0.717) is 18.0 Å². The molecule has 2 aromatic carbocycles. The van der Waals surface area contributed by atoms with Gasteiger partial charge in [0.05, 0.1) is 11.1 Å². The number of halogens is 1. The smallest absolute Gasteiger partial charge is 0.318 e. The Labute approximate surface area is 213 Å². The molecular formula is C28H27BrN4O2. The van der Waals surface area contributed by atoms with Gasteiger partial charge in [-0.2, -0.15) is 0 Å².